The lowest BCUT2D eigenvalue weighted by Gasteiger charge is -2.05. The molecule has 0 bridgehead atoms. The molecule has 0 nitrogen and oxygen atoms in total. The summed E-state index contributed by atoms with van der Waals surface area (Å²) in [5, 5.41) is 0. The van der Waals surface area contributed by atoms with Gasteiger partial charge in [-0.15, -0.1) is 0 Å². The van der Waals surface area contributed by atoms with Crippen LogP contribution in [0.2, 0.25) is 0 Å². The first kappa shape index (κ1) is 14.7. The summed E-state index contributed by atoms with van der Waals surface area (Å²) >= 11 is 0. The van der Waals surface area contributed by atoms with Crippen LogP contribution in [0.5, 0.6) is 0 Å². The van der Waals surface area contributed by atoms with Crippen LogP contribution in [0.4, 0.5) is 0 Å². The molecule has 0 aromatic rings. The Morgan fingerprint density at radius 2 is 2.00 bits per heavy atom. The minimum Gasteiger partial charge on any atom is -0.0991 e. The largest absolute Gasteiger partial charge is 0.0991 e. The van der Waals surface area contributed by atoms with Crippen molar-refractivity contribution < 1.29 is 0 Å². The average Bonchev–Trinajstić information content (AvgIpc) is 2.28. The van der Waals surface area contributed by atoms with E-state index in [9.17, 15) is 0 Å². The molecule has 0 radical (unpaired) electrons. The van der Waals surface area contributed by atoms with Crippen molar-refractivity contribution in [1.82, 2.24) is 0 Å². The zero-order valence-electron chi connectivity index (χ0n) is 10.9. The summed E-state index contributed by atoms with van der Waals surface area (Å²) in [4.78, 5) is 0. The molecule has 0 heteroatoms. The first-order chi connectivity index (χ1) is 7.76. The summed E-state index contributed by atoms with van der Waals surface area (Å²) in [5.41, 5.74) is 2.82. The van der Waals surface area contributed by atoms with Crippen LogP contribution in [-0.2, 0) is 0 Å². The maximum atomic E-state index is 3.67. The highest BCUT2D eigenvalue weighted by atomic mass is 14.0. The van der Waals surface area contributed by atoms with E-state index in [2.05, 4.69) is 50.8 Å². The average molecular weight is 216 g/mol. The molecule has 0 saturated heterocycles. The Morgan fingerprint density at radius 1 is 1.25 bits per heavy atom. The summed E-state index contributed by atoms with van der Waals surface area (Å²) in [5.74, 6) is 0. The van der Waals surface area contributed by atoms with Crippen LogP contribution in [0.25, 0.3) is 0 Å². The standard InChI is InChI=1S/C16H24/c1-5-8-10-11-14-16(13-9-6-2)15(4)12-7-3/h5-6,8-10,12-13H,1,7,11,14H2,2-4H3/b9-6-,10-8-,15-12-,16-13+. The van der Waals surface area contributed by atoms with Gasteiger partial charge in [-0.2, -0.15) is 0 Å². The minimum atomic E-state index is 1.07. The Morgan fingerprint density at radius 3 is 2.56 bits per heavy atom. The van der Waals surface area contributed by atoms with Gasteiger partial charge in [0.2, 0.25) is 0 Å². The van der Waals surface area contributed by atoms with Gasteiger partial charge in [0.25, 0.3) is 0 Å². The van der Waals surface area contributed by atoms with E-state index >= 15 is 0 Å². The fraction of sp³-hybridized carbons (Fsp3) is 0.375. The first-order valence-electron chi connectivity index (χ1n) is 6.02. The van der Waals surface area contributed by atoms with Gasteiger partial charge < -0.3 is 0 Å². The van der Waals surface area contributed by atoms with Crippen LogP contribution in [0.3, 0.4) is 0 Å². The van der Waals surface area contributed by atoms with Gasteiger partial charge in [-0.25, -0.2) is 0 Å². The van der Waals surface area contributed by atoms with Crippen LogP contribution in [0.1, 0.15) is 40.0 Å². The fourth-order valence-electron chi connectivity index (χ4n) is 1.49. The third kappa shape index (κ3) is 7.05. The predicted molar refractivity (Wildman–Crippen MR) is 75.5 cm³/mol. The van der Waals surface area contributed by atoms with Crippen LogP contribution in [-0.4, -0.2) is 0 Å². The van der Waals surface area contributed by atoms with Crippen molar-refractivity contribution in [3.05, 3.63) is 60.3 Å². The van der Waals surface area contributed by atoms with Crippen molar-refractivity contribution in [2.45, 2.75) is 40.0 Å². The quantitative estimate of drug-likeness (QED) is 0.502. The summed E-state index contributed by atoms with van der Waals surface area (Å²) in [6, 6.07) is 0. The first-order valence-corrected chi connectivity index (χ1v) is 6.02. The van der Waals surface area contributed by atoms with Gasteiger partial charge in [0.1, 0.15) is 0 Å². The van der Waals surface area contributed by atoms with Gasteiger partial charge in [-0.1, -0.05) is 61.6 Å². The molecule has 0 aliphatic rings. The van der Waals surface area contributed by atoms with Crippen molar-refractivity contribution in [3.63, 3.8) is 0 Å². The molecule has 0 atom stereocenters. The van der Waals surface area contributed by atoms with E-state index in [0.29, 0.717) is 0 Å². The summed E-state index contributed by atoms with van der Waals surface area (Å²) in [6.07, 6.45) is 17.9. The maximum Gasteiger partial charge on any atom is -0.0242 e. The van der Waals surface area contributed by atoms with Crippen molar-refractivity contribution in [1.29, 1.82) is 0 Å². The summed E-state index contributed by atoms with van der Waals surface area (Å²) < 4.78 is 0. The van der Waals surface area contributed by atoms with E-state index < -0.39 is 0 Å². The topological polar surface area (TPSA) is 0 Å². The molecule has 0 heterocycles. The van der Waals surface area contributed by atoms with Crippen molar-refractivity contribution >= 4 is 0 Å². The van der Waals surface area contributed by atoms with E-state index in [1.807, 2.05) is 19.1 Å². The fourth-order valence-corrected chi connectivity index (χ4v) is 1.49. The molecular weight excluding hydrogens is 192 g/mol. The Hall–Kier alpha value is -1.30. The van der Waals surface area contributed by atoms with Crippen LogP contribution in [0.15, 0.2) is 60.3 Å². The molecule has 0 amide bonds. The highest BCUT2D eigenvalue weighted by Gasteiger charge is 1.97. The zero-order valence-corrected chi connectivity index (χ0v) is 10.9. The van der Waals surface area contributed by atoms with Gasteiger partial charge in [0, 0.05) is 0 Å². The molecule has 0 aliphatic carbocycles. The molecule has 0 saturated carbocycles. The molecule has 0 aromatic heterocycles. The summed E-state index contributed by atoms with van der Waals surface area (Å²) in [6.45, 7) is 10.1. The minimum absolute atomic E-state index is 1.07. The Kier molecular flexibility index (Phi) is 9.39. The predicted octanol–water partition coefficient (Wildman–Crippen LogP) is 5.37. The summed E-state index contributed by atoms with van der Waals surface area (Å²) in [7, 11) is 0. The molecule has 16 heavy (non-hydrogen) atoms. The number of rotatable bonds is 7. The molecule has 0 aromatic carbocycles. The molecule has 0 unspecified atom stereocenters. The van der Waals surface area contributed by atoms with Crippen molar-refractivity contribution in [3.8, 4) is 0 Å². The second-order valence-electron chi connectivity index (χ2n) is 3.72. The van der Waals surface area contributed by atoms with Crippen LogP contribution < -0.4 is 0 Å². The van der Waals surface area contributed by atoms with E-state index in [1.54, 1.807) is 0 Å². The number of hydrogen-bond donors (Lipinski definition) is 0. The lowest BCUT2D eigenvalue weighted by Crippen LogP contribution is -1.85. The van der Waals surface area contributed by atoms with Crippen LogP contribution in [0, 0.1) is 0 Å². The highest BCUT2D eigenvalue weighted by molar-refractivity contribution is 5.32. The number of hydrogen-bond acceptors (Lipinski definition) is 0. The Labute approximate surface area is 101 Å². The van der Waals surface area contributed by atoms with Crippen LogP contribution >= 0.6 is 0 Å². The number of allylic oxidation sites excluding steroid dienone is 9. The monoisotopic (exact) mass is 216 g/mol. The molecule has 0 spiro atoms. The second-order valence-corrected chi connectivity index (χ2v) is 3.72. The molecule has 0 rings (SSSR count). The highest BCUT2D eigenvalue weighted by Crippen LogP contribution is 2.17. The molecular formula is C16H24. The van der Waals surface area contributed by atoms with E-state index in [-0.39, 0.29) is 0 Å². The van der Waals surface area contributed by atoms with Gasteiger partial charge in [0.15, 0.2) is 0 Å². The van der Waals surface area contributed by atoms with Crippen molar-refractivity contribution in [2.24, 2.45) is 0 Å². The third-order valence-electron chi connectivity index (χ3n) is 2.36. The smallest absolute Gasteiger partial charge is 0.0242 e. The van der Waals surface area contributed by atoms with E-state index in [4.69, 9.17) is 0 Å². The normalized spacial score (nSPS) is 13.9. The van der Waals surface area contributed by atoms with Gasteiger partial charge in [-0.05, 0) is 38.7 Å². The Balaban J connectivity index is 4.50. The molecule has 88 valence electrons. The SMILES string of the molecule is C=C/C=C\CCC(=C\C=C/C)/C(C)=C\CC. The molecule has 0 N–H and O–H groups in total. The lowest BCUT2D eigenvalue weighted by atomic mass is 10.0. The van der Waals surface area contributed by atoms with Gasteiger partial charge in [-0.3, -0.25) is 0 Å². The third-order valence-corrected chi connectivity index (χ3v) is 2.36. The van der Waals surface area contributed by atoms with Gasteiger partial charge in [0.05, 0.1) is 0 Å². The molecule has 0 aliphatic heterocycles. The maximum absolute atomic E-state index is 3.67. The van der Waals surface area contributed by atoms with E-state index in [1.165, 1.54) is 11.1 Å². The Bertz CT molecular complexity index is 298. The van der Waals surface area contributed by atoms with Gasteiger partial charge >= 0.3 is 0 Å². The second kappa shape index (κ2) is 10.2. The van der Waals surface area contributed by atoms with E-state index in [0.717, 1.165) is 19.3 Å². The lowest BCUT2D eigenvalue weighted by molar-refractivity contribution is 0.978. The molecule has 0 fully saturated rings. The van der Waals surface area contributed by atoms with Crippen molar-refractivity contribution in [2.75, 3.05) is 0 Å². The zero-order chi connectivity index (χ0) is 12.2.